The molecule has 1 aromatic carbocycles. The molecular weight excluding hydrogens is 295 g/mol. The lowest BCUT2D eigenvalue weighted by Gasteiger charge is -2.34. The fraction of sp³-hybridized carbons (Fsp3) is 0.571. The van der Waals surface area contributed by atoms with Gasteiger partial charge in [0.1, 0.15) is 5.82 Å². The number of rotatable bonds is 4. The van der Waals surface area contributed by atoms with E-state index < -0.39 is 0 Å². The Balaban J connectivity index is 2.07. The summed E-state index contributed by atoms with van der Waals surface area (Å²) in [5.74, 6) is -0.172. The van der Waals surface area contributed by atoms with E-state index in [1.165, 1.54) is 18.9 Å². The lowest BCUT2D eigenvalue weighted by atomic mass is 10.0. The van der Waals surface area contributed by atoms with Crippen molar-refractivity contribution < 1.29 is 4.39 Å². The lowest BCUT2D eigenvalue weighted by molar-refractivity contribution is 0.162. The van der Waals surface area contributed by atoms with Crippen molar-refractivity contribution in [2.24, 2.45) is 0 Å². The maximum atomic E-state index is 13.5. The van der Waals surface area contributed by atoms with E-state index in [1.807, 2.05) is 6.07 Å². The Morgan fingerprint density at radius 1 is 1.39 bits per heavy atom. The molecule has 18 heavy (non-hydrogen) atoms. The molecule has 2 rings (SSSR count). The Hall–Kier alpha value is -0.450. The van der Waals surface area contributed by atoms with Crippen LogP contribution in [0.1, 0.15) is 25.3 Å². The minimum Gasteiger partial charge on any atom is -0.317 e. The maximum absolute atomic E-state index is 13.5. The van der Waals surface area contributed by atoms with Crippen LogP contribution in [0.25, 0.3) is 0 Å². The second-order valence-electron chi connectivity index (χ2n) is 4.76. The molecule has 1 aromatic rings. The second-order valence-corrected chi connectivity index (χ2v) is 5.55. The minimum atomic E-state index is -0.172. The second kappa shape index (κ2) is 6.64. The largest absolute Gasteiger partial charge is 0.317 e. The van der Waals surface area contributed by atoms with Gasteiger partial charge in [0.25, 0.3) is 0 Å². The van der Waals surface area contributed by atoms with Gasteiger partial charge in [-0.25, -0.2) is 4.39 Å². The topological polar surface area (TPSA) is 15.3 Å². The van der Waals surface area contributed by atoms with Crippen molar-refractivity contribution in [1.82, 2.24) is 10.2 Å². The Kier molecular flexibility index (Phi) is 5.15. The fourth-order valence-corrected chi connectivity index (χ4v) is 2.95. The van der Waals surface area contributed by atoms with E-state index in [0.717, 1.165) is 31.7 Å². The zero-order chi connectivity index (χ0) is 13.0. The van der Waals surface area contributed by atoms with Crippen LogP contribution in [0.5, 0.6) is 0 Å². The highest BCUT2D eigenvalue weighted by Gasteiger charge is 2.20. The van der Waals surface area contributed by atoms with Crippen LogP contribution in [-0.2, 0) is 6.54 Å². The summed E-state index contributed by atoms with van der Waals surface area (Å²) in [4.78, 5) is 2.44. The van der Waals surface area contributed by atoms with Gasteiger partial charge in [0, 0.05) is 12.6 Å². The summed E-state index contributed by atoms with van der Waals surface area (Å²) in [5, 5.41) is 3.38. The van der Waals surface area contributed by atoms with Crippen LogP contribution >= 0.6 is 15.9 Å². The zero-order valence-corrected chi connectivity index (χ0v) is 12.3. The van der Waals surface area contributed by atoms with Crippen molar-refractivity contribution in [2.45, 2.75) is 32.4 Å². The molecule has 0 saturated carbocycles. The number of nitrogens with one attached hydrogen (secondary N) is 1. The van der Waals surface area contributed by atoms with Gasteiger partial charge < -0.3 is 5.32 Å². The van der Waals surface area contributed by atoms with E-state index in [0.29, 0.717) is 10.5 Å². The summed E-state index contributed by atoms with van der Waals surface area (Å²) in [6, 6.07) is 5.89. The highest BCUT2D eigenvalue weighted by Crippen LogP contribution is 2.23. The van der Waals surface area contributed by atoms with E-state index in [9.17, 15) is 4.39 Å². The summed E-state index contributed by atoms with van der Waals surface area (Å²) >= 11 is 3.35. The van der Waals surface area contributed by atoms with Gasteiger partial charge in [-0.15, -0.1) is 0 Å². The first-order valence-corrected chi connectivity index (χ1v) is 7.39. The normalized spacial score (nSPS) is 17.3. The Morgan fingerprint density at radius 3 is 2.78 bits per heavy atom. The molecule has 0 amide bonds. The number of piperidine rings is 1. The van der Waals surface area contributed by atoms with Crippen molar-refractivity contribution in [3.8, 4) is 0 Å². The van der Waals surface area contributed by atoms with Crippen molar-refractivity contribution in [2.75, 3.05) is 19.6 Å². The molecule has 0 spiro atoms. The molecule has 0 radical (unpaired) electrons. The first-order valence-electron chi connectivity index (χ1n) is 6.60. The number of halogens is 2. The Labute approximate surface area is 117 Å². The van der Waals surface area contributed by atoms with Gasteiger partial charge in [-0.2, -0.15) is 0 Å². The van der Waals surface area contributed by atoms with Crippen LogP contribution in [0, 0.1) is 5.82 Å². The SMILES string of the molecule is CCN(Cc1cccc(F)c1Br)C1CCNCC1. The molecule has 0 bridgehead atoms. The summed E-state index contributed by atoms with van der Waals surface area (Å²) < 4.78 is 14.1. The third-order valence-electron chi connectivity index (χ3n) is 3.64. The smallest absolute Gasteiger partial charge is 0.137 e. The van der Waals surface area contributed by atoms with Crippen molar-refractivity contribution in [3.05, 3.63) is 34.1 Å². The molecule has 1 aliphatic heterocycles. The van der Waals surface area contributed by atoms with Crippen molar-refractivity contribution in [1.29, 1.82) is 0 Å². The van der Waals surface area contributed by atoms with Gasteiger partial charge >= 0.3 is 0 Å². The third-order valence-corrected chi connectivity index (χ3v) is 4.52. The molecule has 4 heteroatoms. The number of nitrogens with zero attached hydrogens (tertiary/aromatic N) is 1. The predicted octanol–water partition coefficient (Wildman–Crippen LogP) is 3.16. The van der Waals surface area contributed by atoms with E-state index in [2.05, 4.69) is 33.1 Å². The molecule has 1 heterocycles. The first-order chi connectivity index (χ1) is 8.72. The average molecular weight is 315 g/mol. The highest BCUT2D eigenvalue weighted by atomic mass is 79.9. The molecule has 0 aliphatic carbocycles. The third kappa shape index (κ3) is 3.31. The van der Waals surface area contributed by atoms with Crippen LogP contribution in [-0.4, -0.2) is 30.6 Å². The lowest BCUT2D eigenvalue weighted by Crippen LogP contribution is -2.42. The highest BCUT2D eigenvalue weighted by molar-refractivity contribution is 9.10. The monoisotopic (exact) mass is 314 g/mol. The molecule has 0 atom stereocenters. The molecular formula is C14H20BrFN2. The van der Waals surface area contributed by atoms with Gasteiger partial charge in [-0.1, -0.05) is 19.1 Å². The van der Waals surface area contributed by atoms with E-state index in [1.54, 1.807) is 6.07 Å². The molecule has 1 saturated heterocycles. The number of hydrogen-bond acceptors (Lipinski definition) is 2. The van der Waals surface area contributed by atoms with Crippen LogP contribution < -0.4 is 5.32 Å². The van der Waals surface area contributed by atoms with E-state index in [-0.39, 0.29) is 5.82 Å². The summed E-state index contributed by atoms with van der Waals surface area (Å²) in [6.45, 7) is 6.18. The zero-order valence-electron chi connectivity index (χ0n) is 10.8. The minimum absolute atomic E-state index is 0.172. The summed E-state index contributed by atoms with van der Waals surface area (Å²) in [5.41, 5.74) is 1.04. The van der Waals surface area contributed by atoms with Gasteiger partial charge in [0.15, 0.2) is 0 Å². The number of benzene rings is 1. The van der Waals surface area contributed by atoms with Crippen LogP contribution in [0.15, 0.2) is 22.7 Å². The van der Waals surface area contributed by atoms with Gasteiger partial charge in [-0.3, -0.25) is 4.90 Å². The molecule has 1 fully saturated rings. The van der Waals surface area contributed by atoms with Crippen LogP contribution in [0.4, 0.5) is 4.39 Å². The van der Waals surface area contributed by atoms with Gasteiger partial charge in [0.05, 0.1) is 4.47 Å². The molecule has 0 aromatic heterocycles. The number of hydrogen-bond donors (Lipinski definition) is 1. The van der Waals surface area contributed by atoms with E-state index in [4.69, 9.17) is 0 Å². The molecule has 1 aliphatic rings. The van der Waals surface area contributed by atoms with E-state index >= 15 is 0 Å². The fourth-order valence-electron chi connectivity index (χ4n) is 2.56. The quantitative estimate of drug-likeness (QED) is 0.918. The van der Waals surface area contributed by atoms with Crippen LogP contribution in [0.2, 0.25) is 0 Å². The molecule has 1 N–H and O–H groups in total. The van der Waals surface area contributed by atoms with Gasteiger partial charge in [0.2, 0.25) is 0 Å². The van der Waals surface area contributed by atoms with Gasteiger partial charge in [-0.05, 0) is 60.0 Å². The predicted molar refractivity (Wildman–Crippen MR) is 76.1 cm³/mol. The first kappa shape index (κ1) is 14.0. The molecule has 2 nitrogen and oxygen atoms in total. The van der Waals surface area contributed by atoms with Crippen molar-refractivity contribution >= 4 is 15.9 Å². The van der Waals surface area contributed by atoms with Crippen LogP contribution in [0.3, 0.4) is 0 Å². The summed E-state index contributed by atoms with van der Waals surface area (Å²) in [7, 11) is 0. The summed E-state index contributed by atoms with van der Waals surface area (Å²) in [6.07, 6.45) is 2.36. The average Bonchev–Trinajstić information content (AvgIpc) is 2.41. The Bertz CT molecular complexity index is 391. The molecule has 100 valence electrons. The standard InChI is InChI=1S/C14H20BrFN2/c1-2-18(12-6-8-17-9-7-12)10-11-4-3-5-13(16)14(11)15/h3-5,12,17H,2,6-10H2,1H3. The van der Waals surface area contributed by atoms with Crippen molar-refractivity contribution in [3.63, 3.8) is 0 Å². The Morgan fingerprint density at radius 2 is 2.11 bits per heavy atom. The maximum Gasteiger partial charge on any atom is 0.137 e. The molecule has 0 unspecified atom stereocenters.